The molecule has 2 heterocycles. The van der Waals surface area contributed by atoms with Gasteiger partial charge >= 0.3 is 0 Å². The molecule has 4 rings (SSSR count). The number of nitrogens with zero attached hydrogens (tertiary/aromatic N) is 3. The summed E-state index contributed by atoms with van der Waals surface area (Å²) in [6.45, 7) is 0.750. The van der Waals surface area contributed by atoms with Crippen LogP contribution in [0.25, 0.3) is 10.9 Å². The van der Waals surface area contributed by atoms with Crippen LogP contribution in [0.4, 0.5) is 0 Å². The second-order valence-electron chi connectivity index (χ2n) is 6.42. The van der Waals surface area contributed by atoms with Crippen LogP contribution < -0.4 is 10.5 Å². The van der Waals surface area contributed by atoms with Crippen LogP contribution in [0.15, 0.2) is 90.5 Å². The summed E-state index contributed by atoms with van der Waals surface area (Å²) in [6, 6.07) is 21.1. The van der Waals surface area contributed by atoms with Crippen LogP contribution in [0.5, 0.6) is 5.75 Å². The standard InChI is InChI=1S/C23H20N4O2/c24-23(27-29-16-20-6-1-5-18-7-3-13-26-22(18)20)19-8-10-21(11-9-19)28-15-17-4-2-12-25-14-17/h1-14H,15-16H2,(H2,24,27). The predicted octanol–water partition coefficient (Wildman–Crippen LogP) is 4.05. The Bertz CT molecular complexity index is 1110. The molecule has 0 fully saturated rings. The number of para-hydroxylation sites is 1. The van der Waals surface area contributed by atoms with Crippen LogP contribution in [-0.4, -0.2) is 15.8 Å². The molecular formula is C23H20N4O2. The zero-order valence-corrected chi connectivity index (χ0v) is 15.7. The average Bonchev–Trinajstić information content (AvgIpc) is 2.79. The predicted molar refractivity (Wildman–Crippen MR) is 112 cm³/mol. The number of oxime groups is 1. The van der Waals surface area contributed by atoms with Crippen LogP contribution >= 0.6 is 0 Å². The Hall–Kier alpha value is -3.93. The van der Waals surface area contributed by atoms with Crippen LogP contribution in [0.1, 0.15) is 16.7 Å². The molecule has 0 aliphatic heterocycles. The molecule has 0 unspecified atom stereocenters. The highest BCUT2D eigenvalue weighted by molar-refractivity contribution is 5.97. The summed E-state index contributed by atoms with van der Waals surface area (Å²) in [4.78, 5) is 13.9. The summed E-state index contributed by atoms with van der Waals surface area (Å²) < 4.78 is 5.75. The number of hydrogen-bond acceptors (Lipinski definition) is 5. The zero-order valence-electron chi connectivity index (χ0n) is 15.7. The number of hydrogen-bond donors (Lipinski definition) is 1. The number of pyridine rings is 2. The van der Waals surface area contributed by atoms with Gasteiger partial charge in [-0.25, -0.2) is 0 Å². The Labute approximate surface area is 168 Å². The van der Waals surface area contributed by atoms with Crippen molar-refractivity contribution in [1.82, 2.24) is 9.97 Å². The largest absolute Gasteiger partial charge is 0.489 e. The molecule has 29 heavy (non-hydrogen) atoms. The summed E-state index contributed by atoms with van der Waals surface area (Å²) in [6.07, 6.45) is 5.28. The van der Waals surface area contributed by atoms with E-state index < -0.39 is 0 Å². The number of rotatable bonds is 7. The van der Waals surface area contributed by atoms with Crippen molar-refractivity contribution >= 4 is 16.7 Å². The quantitative estimate of drug-likeness (QED) is 0.295. The second kappa shape index (κ2) is 8.84. The molecule has 0 amide bonds. The van der Waals surface area contributed by atoms with Gasteiger partial charge in [0.1, 0.15) is 19.0 Å². The van der Waals surface area contributed by atoms with Crippen molar-refractivity contribution in [3.63, 3.8) is 0 Å². The highest BCUT2D eigenvalue weighted by Gasteiger charge is 2.04. The van der Waals surface area contributed by atoms with Crippen LogP contribution in [0.2, 0.25) is 0 Å². The first kappa shape index (κ1) is 18.4. The number of benzene rings is 2. The van der Waals surface area contributed by atoms with Crippen LogP contribution in [0, 0.1) is 0 Å². The summed E-state index contributed by atoms with van der Waals surface area (Å²) in [7, 11) is 0. The van der Waals surface area contributed by atoms with Crippen LogP contribution in [0.3, 0.4) is 0 Å². The van der Waals surface area contributed by atoms with Crippen molar-refractivity contribution in [1.29, 1.82) is 0 Å². The van der Waals surface area contributed by atoms with Gasteiger partial charge in [-0.2, -0.15) is 0 Å². The number of aromatic nitrogens is 2. The molecular weight excluding hydrogens is 364 g/mol. The minimum Gasteiger partial charge on any atom is -0.489 e. The van der Waals surface area contributed by atoms with E-state index in [1.165, 1.54) is 0 Å². The van der Waals surface area contributed by atoms with Crippen molar-refractivity contribution < 1.29 is 9.57 Å². The van der Waals surface area contributed by atoms with E-state index in [1.807, 2.05) is 66.7 Å². The van der Waals surface area contributed by atoms with Crippen molar-refractivity contribution in [2.45, 2.75) is 13.2 Å². The Morgan fingerprint density at radius 3 is 2.55 bits per heavy atom. The van der Waals surface area contributed by atoms with E-state index in [1.54, 1.807) is 18.6 Å². The van der Waals surface area contributed by atoms with Gasteiger partial charge in [-0.05, 0) is 36.4 Å². The molecule has 6 nitrogen and oxygen atoms in total. The highest BCUT2D eigenvalue weighted by Crippen LogP contribution is 2.17. The molecule has 144 valence electrons. The number of amidine groups is 1. The summed E-state index contributed by atoms with van der Waals surface area (Å²) in [5.41, 5.74) is 9.67. The van der Waals surface area contributed by atoms with E-state index in [0.717, 1.165) is 33.3 Å². The van der Waals surface area contributed by atoms with Crippen molar-refractivity contribution in [3.05, 3.63) is 102 Å². The fourth-order valence-corrected chi connectivity index (χ4v) is 2.88. The molecule has 0 bridgehead atoms. The van der Waals surface area contributed by atoms with Gasteiger partial charge in [0.15, 0.2) is 5.84 Å². The topological polar surface area (TPSA) is 82.6 Å². The molecule has 0 aliphatic rings. The van der Waals surface area contributed by atoms with Gasteiger partial charge in [0, 0.05) is 40.7 Å². The fraction of sp³-hybridized carbons (Fsp3) is 0.0870. The third kappa shape index (κ3) is 4.68. The first-order valence-electron chi connectivity index (χ1n) is 9.20. The fourth-order valence-electron chi connectivity index (χ4n) is 2.88. The van der Waals surface area contributed by atoms with Gasteiger partial charge in [0.2, 0.25) is 0 Å². The van der Waals surface area contributed by atoms with Crippen molar-refractivity contribution in [2.75, 3.05) is 0 Å². The molecule has 2 N–H and O–H groups in total. The average molecular weight is 384 g/mol. The zero-order chi connectivity index (χ0) is 19.9. The Balaban J connectivity index is 1.36. The van der Waals surface area contributed by atoms with E-state index in [0.29, 0.717) is 19.0 Å². The molecule has 0 radical (unpaired) electrons. The maximum Gasteiger partial charge on any atom is 0.170 e. The highest BCUT2D eigenvalue weighted by atomic mass is 16.6. The third-order valence-electron chi connectivity index (χ3n) is 4.38. The van der Waals surface area contributed by atoms with Crippen LogP contribution in [-0.2, 0) is 18.1 Å². The number of fused-ring (bicyclic) bond motifs is 1. The lowest BCUT2D eigenvalue weighted by atomic mass is 10.1. The minimum absolute atomic E-state index is 0.293. The van der Waals surface area contributed by atoms with Gasteiger partial charge in [0.05, 0.1) is 5.52 Å². The van der Waals surface area contributed by atoms with Gasteiger partial charge in [-0.1, -0.05) is 35.5 Å². The smallest absolute Gasteiger partial charge is 0.170 e. The number of ether oxygens (including phenoxy) is 1. The lowest BCUT2D eigenvalue weighted by Crippen LogP contribution is -2.13. The summed E-state index contributed by atoms with van der Waals surface area (Å²) in [5.74, 6) is 1.05. The third-order valence-corrected chi connectivity index (χ3v) is 4.38. The molecule has 0 atom stereocenters. The second-order valence-corrected chi connectivity index (χ2v) is 6.42. The molecule has 2 aromatic carbocycles. The molecule has 0 saturated heterocycles. The Morgan fingerprint density at radius 2 is 1.72 bits per heavy atom. The van der Waals surface area contributed by atoms with Crippen molar-refractivity contribution in [3.8, 4) is 5.75 Å². The van der Waals surface area contributed by atoms with E-state index in [-0.39, 0.29) is 0 Å². The lowest BCUT2D eigenvalue weighted by molar-refractivity contribution is 0.131. The summed E-state index contributed by atoms with van der Waals surface area (Å²) in [5, 5.41) is 5.10. The summed E-state index contributed by atoms with van der Waals surface area (Å²) >= 11 is 0. The monoisotopic (exact) mass is 384 g/mol. The van der Waals surface area contributed by atoms with E-state index >= 15 is 0 Å². The first-order valence-corrected chi connectivity index (χ1v) is 9.20. The van der Waals surface area contributed by atoms with Gasteiger partial charge in [-0.15, -0.1) is 0 Å². The Morgan fingerprint density at radius 1 is 0.897 bits per heavy atom. The molecule has 6 heteroatoms. The molecule has 4 aromatic rings. The first-order chi connectivity index (χ1) is 14.3. The van der Waals surface area contributed by atoms with E-state index in [2.05, 4.69) is 15.1 Å². The molecule has 0 saturated carbocycles. The maximum atomic E-state index is 6.05. The van der Waals surface area contributed by atoms with E-state index in [9.17, 15) is 0 Å². The van der Waals surface area contributed by atoms with Gasteiger partial charge in [0.25, 0.3) is 0 Å². The maximum absolute atomic E-state index is 6.05. The Kier molecular flexibility index (Phi) is 5.62. The molecule has 2 aromatic heterocycles. The van der Waals surface area contributed by atoms with E-state index in [4.69, 9.17) is 15.3 Å². The molecule has 0 aliphatic carbocycles. The van der Waals surface area contributed by atoms with Gasteiger partial charge in [-0.3, -0.25) is 9.97 Å². The number of nitrogens with two attached hydrogens (primary N) is 1. The van der Waals surface area contributed by atoms with Crippen molar-refractivity contribution in [2.24, 2.45) is 10.9 Å². The lowest BCUT2D eigenvalue weighted by Gasteiger charge is -2.07. The molecule has 0 spiro atoms. The normalized spacial score (nSPS) is 11.4. The minimum atomic E-state index is 0.293. The van der Waals surface area contributed by atoms with Gasteiger partial charge < -0.3 is 15.3 Å². The SMILES string of the molecule is N/C(=N/OCc1cccc2cccnc12)c1ccc(OCc2cccnc2)cc1.